The number of nitrogens with zero attached hydrogens (tertiary/aromatic N) is 4. The van der Waals surface area contributed by atoms with Crippen LogP contribution in [-0.4, -0.2) is 46.9 Å². The molecule has 1 aromatic carbocycles. The minimum absolute atomic E-state index is 0.118. The van der Waals surface area contributed by atoms with Gasteiger partial charge in [-0.15, -0.1) is 0 Å². The summed E-state index contributed by atoms with van der Waals surface area (Å²) in [5.74, 6) is 2.96. The lowest BCUT2D eigenvalue weighted by molar-refractivity contribution is -0.153. The second kappa shape index (κ2) is 12.4. The maximum absolute atomic E-state index is 14.4. The summed E-state index contributed by atoms with van der Waals surface area (Å²) in [6.45, 7) is 5.48. The van der Waals surface area contributed by atoms with E-state index in [1.807, 2.05) is 30.6 Å². The Labute approximate surface area is 236 Å². The normalized spacial score (nSPS) is 14.0. The van der Waals surface area contributed by atoms with Crippen LogP contribution in [0.15, 0.2) is 40.7 Å². The summed E-state index contributed by atoms with van der Waals surface area (Å²) in [6.07, 6.45) is 7.78. The van der Waals surface area contributed by atoms with Gasteiger partial charge in [-0.25, -0.2) is 13.8 Å². The quantitative estimate of drug-likeness (QED) is 0.148. The molecule has 0 aliphatic heterocycles. The van der Waals surface area contributed by atoms with Crippen LogP contribution in [0.25, 0.3) is 5.65 Å². The number of nitrogens with one attached hydrogen (secondary N) is 1. The molecule has 1 aliphatic rings. The van der Waals surface area contributed by atoms with E-state index in [1.165, 1.54) is 18.9 Å². The average molecular weight is 569 g/mol. The Balaban J connectivity index is 1.48. The number of pyridine rings is 1. The molecule has 10 nitrogen and oxygen atoms in total. The van der Waals surface area contributed by atoms with Gasteiger partial charge in [-0.1, -0.05) is 6.07 Å². The van der Waals surface area contributed by atoms with Gasteiger partial charge in [0.1, 0.15) is 11.5 Å². The van der Waals surface area contributed by atoms with E-state index >= 15 is 0 Å². The minimum atomic E-state index is -0.908. The first-order chi connectivity index (χ1) is 19.6. The molecule has 2 aromatic heterocycles. The van der Waals surface area contributed by atoms with E-state index in [9.17, 15) is 18.4 Å². The summed E-state index contributed by atoms with van der Waals surface area (Å²) in [5, 5.41) is 5.84. The third kappa shape index (κ3) is 6.87. The predicted molar refractivity (Wildman–Crippen MR) is 150 cm³/mol. The lowest BCUT2D eigenvalue weighted by Gasteiger charge is -2.23. The molecule has 1 aliphatic carbocycles. The fraction of sp³-hybridized carbons (Fsp3) is 0.414. The van der Waals surface area contributed by atoms with Gasteiger partial charge in [0.15, 0.2) is 17.3 Å². The van der Waals surface area contributed by atoms with Gasteiger partial charge in [0.25, 0.3) is 5.91 Å². The van der Waals surface area contributed by atoms with E-state index in [1.54, 1.807) is 6.92 Å². The lowest BCUT2D eigenvalue weighted by atomic mass is 9.85. The number of esters is 1. The zero-order valence-corrected chi connectivity index (χ0v) is 23.5. The number of nitrogens with two attached hydrogens (primary N) is 1. The average Bonchev–Trinajstić information content (AvgIpc) is 3.70. The van der Waals surface area contributed by atoms with Crippen molar-refractivity contribution in [1.82, 2.24) is 14.7 Å². The Bertz CT molecular complexity index is 1510. The molecule has 0 radical (unpaired) electrons. The SMILES string of the molecule is CCOC(=O)C(C)(C)Cc1cc(C2CC2)cn2cc(CN=C/C(=N\N)C(=O)NCc3c(F)ccc(OC)c3F)nc12. The minimum Gasteiger partial charge on any atom is -0.494 e. The summed E-state index contributed by atoms with van der Waals surface area (Å²) in [6, 6.07) is 4.33. The lowest BCUT2D eigenvalue weighted by Crippen LogP contribution is -2.33. The summed E-state index contributed by atoms with van der Waals surface area (Å²) in [4.78, 5) is 34.1. The number of aromatic nitrogens is 2. The number of amides is 1. The Morgan fingerprint density at radius 2 is 2.02 bits per heavy atom. The molecule has 0 atom stereocenters. The van der Waals surface area contributed by atoms with Gasteiger partial charge >= 0.3 is 5.97 Å². The van der Waals surface area contributed by atoms with Crippen LogP contribution in [0.2, 0.25) is 0 Å². The molecule has 3 N–H and O–H groups in total. The molecule has 0 spiro atoms. The third-order valence-corrected chi connectivity index (χ3v) is 6.84. The first-order valence-electron chi connectivity index (χ1n) is 13.3. The summed E-state index contributed by atoms with van der Waals surface area (Å²) in [5.41, 5.74) is 2.14. The fourth-order valence-corrected chi connectivity index (χ4v) is 4.50. The maximum Gasteiger partial charge on any atom is 0.311 e. The van der Waals surface area contributed by atoms with Crippen molar-refractivity contribution in [3.05, 3.63) is 64.6 Å². The van der Waals surface area contributed by atoms with Gasteiger partial charge < -0.3 is 25.0 Å². The number of benzene rings is 1. The molecule has 4 rings (SSSR count). The first-order valence-corrected chi connectivity index (χ1v) is 13.3. The van der Waals surface area contributed by atoms with E-state index in [-0.39, 0.29) is 29.5 Å². The number of ether oxygens (including phenoxy) is 2. The number of hydrogen-bond acceptors (Lipinski definition) is 8. The van der Waals surface area contributed by atoms with Crippen molar-refractivity contribution in [3.8, 4) is 5.75 Å². The van der Waals surface area contributed by atoms with E-state index in [2.05, 4.69) is 21.5 Å². The highest BCUT2D eigenvalue weighted by Gasteiger charge is 2.32. The van der Waals surface area contributed by atoms with Crippen molar-refractivity contribution in [2.45, 2.75) is 59.0 Å². The zero-order chi connectivity index (χ0) is 29.7. The molecule has 2 heterocycles. The van der Waals surface area contributed by atoms with Crippen molar-refractivity contribution in [1.29, 1.82) is 0 Å². The van der Waals surface area contributed by atoms with Gasteiger partial charge in [-0.2, -0.15) is 5.10 Å². The largest absolute Gasteiger partial charge is 0.494 e. The first kappa shape index (κ1) is 29.6. The molecule has 1 fully saturated rings. The number of carbonyl (C=O) groups excluding carboxylic acids is 2. The van der Waals surface area contributed by atoms with Crippen molar-refractivity contribution in [3.63, 3.8) is 0 Å². The second-order valence-electron chi connectivity index (χ2n) is 10.5. The van der Waals surface area contributed by atoms with E-state index in [4.69, 9.17) is 20.3 Å². The summed E-state index contributed by atoms with van der Waals surface area (Å²) in [7, 11) is 1.26. The Kier molecular flexibility index (Phi) is 8.99. The van der Waals surface area contributed by atoms with Gasteiger partial charge in [0, 0.05) is 24.5 Å². The van der Waals surface area contributed by atoms with Gasteiger partial charge in [-0.3, -0.25) is 14.6 Å². The molecule has 12 heteroatoms. The van der Waals surface area contributed by atoms with Crippen LogP contribution in [0, 0.1) is 17.0 Å². The number of fused-ring (bicyclic) bond motifs is 1. The molecule has 218 valence electrons. The topological polar surface area (TPSA) is 133 Å². The van der Waals surface area contributed by atoms with Crippen molar-refractivity contribution < 1.29 is 27.8 Å². The standard InChI is InChI=1S/C29H34F2N6O4/c1-5-41-28(39)29(2,3)11-18-10-19(17-6-7-17)15-37-16-20(35-26(18)37)12-33-14-23(36-32)27(38)34-13-21-22(30)8-9-24(40-4)25(21)31/h8-10,14-17H,5-7,11-13,32H2,1-4H3,(H,34,38)/b33-14?,36-23+. The van der Waals surface area contributed by atoms with Gasteiger partial charge in [0.2, 0.25) is 0 Å². The summed E-state index contributed by atoms with van der Waals surface area (Å²) < 4.78 is 40.5. The molecule has 0 bridgehead atoms. The van der Waals surface area contributed by atoms with Gasteiger partial charge in [-0.05, 0) is 69.2 Å². The van der Waals surface area contributed by atoms with Crippen LogP contribution in [0.3, 0.4) is 0 Å². The zero-order valence-electron chi connectivity index (χ0n) is 23.5. The van der Waals surface area contributed by atoms with Crippen LogP contribution in [0.1, 0.15) is 61.9 Å². The number of hydrogen-bond donors (Lipinski definition) is 2. The molecule has 3 aromatic rings. The third-order valence-electron chi connectivity index (χ3n) is 6.84. The van der Waals surface area contributed by atoms with Crippen LogP contribution in [0.4, 0.5) is 8.78 Å². The Morgan fingerprint density at radius 3 is 2.68 bits per heavy atom. The molecule has 1 saturated carbocycles. The maximum atomic E-state index is 14.4. The number of methoxy groups -OCH3 is 1. The van der Waals surface area contributed by atoms with Gasteiger partial charge in [0.05, 0.1) is 37.6 Å². The van der Waals surface area contributed by atoms with E-state index < -0.39 is 29.5 Å². The highest BCUT2D eigenvalue weighted by atomic mass is 19.1. The van der Waals surface area contributed by atoms with E-state index in [0.29, 0.717) is 30.3 Å². The molecule has 41 heavy (non-hydrogen) atoms. The van der Waals surface area contributed by atoms with E-state index in [0.717, 1.165) is 30.5 Å². The second-order valence-corrected chi connectivity index (χ2v) is 10.5. The Hall–Kier alpha value is -4.35. The molecule has 0 saturated heterocycles. The molecule has 1 amide bonds. The van der Waals surface area contributed by atoms with Crippen LogP contribution in [-0.2, 0) is 33.8 Å². The van der Waals surface area contributed by atoms with Crippen LogP contribution >= 0.6 is 0 Å². The molecule has 0 unspecified atom stereocenters. The highest BCUT2D eigenvalue weighted by Crippen LogP contribution is 2.41. The number of imidazole rings is 1. The number of aliphatic imine (C=N–C) groups is 1. The smallest absolute Gasteiger partial charge is 0.311 e. The van der Waals surface area contributed by atoms with Crippen molar-refractivity contribution in [2.75, 3.05) is 13.7 Å². The predicted octanol–water partition coefficient (Wildman–Crippen LogP) is 3.83. The number of halogens is 2. The molecular weight excluding hydrogens is 534 g/mol. The van der Waals surface area contributed by atoms with Crippen molar-refractivity contribution in [2.24, 2.45) is 21.4 Å². The van der Waals surface area contributed by atoms with Crippen LogP contribution < -0.4 is 15.9 Å². The van der Waals surface area contributed by atoms with Crippen LogP contribution in [0.5, 0.6) is 5.75 Å². The number of rotatable bonds is 12. The number of hydrazone groups is 1. The van der Waals surface area contributed by atoms with Crippen molar-refractivity contribution >= 4 is 29.4 Å². The fourth-order valence-electron chi connectivity index (χ4n) is 4.50. The number of carbonyl (C=O) groups is 2. The monoisotopic (exact) mass is 568 g/mol. The Morgan fingerprint density at radius 1 is 1.27 bits per heavy atom. The highest BCUT2D eigenvalue weighted by molar-refractivity contribution is 6.60. The molecular formula is C29H34F2N6O4. The summed E-state index contributed by atoms with van der Waals surface area (Å²) >= 11 is 0.